The lowest BCUT2D eigenvalue weighted by molar-refractivity contribution is -0.121. The van der Waals surface area contributed by atoms with Crippen LogP contribution in [0.25, 0.3) is 0 Å². The zero-order valence-electron chi connectivity index (χ0n) is 10.5. The third-order valence-electron chi connectivity index (χ3n) is 5.00. The first-order valence-corrected chi connectivity index (χ1v) is 6.22. The number of Topliss-reactive ketones (excluding diaryl/α,β-unsaturated/α-hetero) is 1. The molecular formula is C14H22O. The Kier molecular flexibility index (Phi) is 2.52. The van der Waals surface area contributed by atoms with Crippen molar-refractivity contribution in [3.63, 3.8) is 0 Å². The highest BCUT2D eigenvalue weighted by Crippen LogP contribution is 2.48. The lowest BCUT2D eigenvalue weighted by atomic mass is 9.75. The molecule has 0 saturated heterocycles. The molecule has 15 heavy (non-hydrogen) atoms. The molecule has 0 spiro atoms. The molecule has 1 nitrogen and oxygen atoms in total. The molecule has 0 fully saturated rings. The molecule has 0 aromatic heterocycles. The van der Waals surface area contributed by atoms with E-state index in [0.717, 1.165) is 6.42 Å². The zero-order valence-corrected chi connectivity index (χ0v) is 10.5. The number of hydrogen-bond acceptors (Lipinski definition) is 1. The lowest BCUT2D eigenvalue weighted by Gasteiger charge is -2.28. The summed E-state index contributed by atoms with van der Waals surface area (Å²) in [6.45, 7) is 11.1. The number of carbonyl (C=O) groups is 1. The van der Waals surface area contributed by atoms with Gasteiger partial charge in [0.25, 0.3) is 0 Å². The predicted molar refractivity (Wildman–Crippen MR) is 62.5 cm³/mol. The van der Waals surface area contributed by atoms with Crippen LogP contribution in [0.1, 0.15) is 41.0 Å². The summed E-state index contributed by atoms with van der Waals surface area (Å²) in [5.41, 5.74) is 2.67. The van der Waals surface area contributed by atoms with Crippen molar-refractivity contribution in [3.8, 4) is 0 Å². The molecule has 0 radical (unpaired) electrons. The summed E-state index contributed by atoms with van der Waals surface area (Å²) in [6, 6.07) is 0. The Morgan fingerprint density at radius 2 is 1.53 bits per heavy atom. The zero-order chi connectivity index (χ0) is 11.3. The first-order chi connectivity index (χ1) is 6.95. The van der Waals surface area contributed by atoms with Gasteiger partial charge in [-0.3, -0.25) is 4.79 Å². The minimum atomic E-state index is 0.240. The molecule has 84 valence electrons. The average molecular weight is 206 g/mol. The summed E-state index contributed by atoms with van der Waals surface area (Å²) in [6.07, 6.45) is 1.15. The standard InChI is InChI=1S/C14H22O/c1-7-6-12-10(4)9(3)11(5)13(12)14(15)8(7)2/h7-11H,6H2,1-5H3. The van der Waals surface area contributed by atoms with E-state index in [-0.39, 0.29) is 5.92 Å². The van der Waals surface area contributed by atoms with E-state index in [2.05, 4.69) is 34.6 Å². The normalized spacial score (nSPS) is 45.9. The van der Waals surface area contributed by atoms with Gasteiger partial charge in [0.15, 0.2) is 5.78 Å². The van der Waals surface area contributed by atoms with Crippen molar-refractivity contribution in [2.75, 3.05) is 0 Å². The Bertz CT molecular complexity index is 326. The molecule has 0 amide bonds. The van der Waals surface area contributed by atoms with Crippen LogP contribution in [0.15, 0.2) is 11.1 Å². The molecule has 1 heteroatoms. The molecule has 0 heterocycles. The molecule has 0 aromatic rings. The Morgan fingerprint density at radius 3 is 2.13 bits per heavy atom. The van der Waals surface area contributed by atoms with Crippen molar-refractivity contribution in [1.29, 1.82) is 0 Å². The van der Waals surface area contributed by atoms with Gasteiger partial charge in [0.1, 0.15) is 0 Å². The van der Waals surface area contributed by atoms with Gasteiger partial charge in [-0.1, -0.05) is 40.2 Å². The maximum absolute atomic E-state index is 12.3. The molecule has 0 aromatic carbocycles. The maximum Gasteiger partial charge on any atom is 0.162 e. The number of ketones is 1. The minimum absolute atomic E-state index is 0.240. The van der Waals surface area contributed by atoms with Crippen molar-refractivity contribution in [1.82, 2.24) is 0 Å². The molecule has 2 aliphatic carbocycles. The van der Waals surface area contributed by atoms with E-state index in [4.69, 9.17) is 0 Å². The van der Waals surface area contributed by atoms with E-state index in [1.54, 1.807) is 0 Å². The average Bonchev–Trinajstić information content (AvgIpc) is 2.40. The third kappa shape index (κ3) is 1.39. The lowest BCUT2D eigenvalue weighted by Crippen LogP contribution is -2.27. The number of carbonyl (C=O) groups excluding carboxylic acids is 1. The van der Waals surface area contributed by atoms with Crippen LogP contribution in [0.5, 0.6) is 0 Å². The van der Waals surface area contributed by atoms with Gasteiger partial charge in [0.2, 0.25) is 0 Å². The summed E-state index contributed by atoms with van der Waals surface area (Å²) in [5.74, 6) is 2.97. The van der Waals surface area contributed by atoms with Gasteiger partial charge in [0, 0.05) is 5.92 Å². The summed E-state index contributed by atoms with van der Waals surface area (Å²) in [7, 11) is 0. The van der Waals surface area contributed by atoms with Crippen molar-refractivity contribution in [3.05, 3.63) is 11.1 Å². The van der Waals surface area contributed by atoms with Crippen LogP contribution in [0, 0.1) is 29.6 Å². The van der Waals surface area contributed by atoms with Gasteiger partial charge in [-0.05, 0) is 35.7 Å². The highest BCUT2D eigenvalue weighted by molar-refractivity contribution is 5.99. The van der Waals surface area contributed by atoms with Crippen LogP contribution >= 0.6 is 0 Å². The molecule has 0 saturated carbocycles. The van der Waals surface area contributed by atoms with Gasteiger partial charge in [-0.15, -0.1) is 0 Å². The van der Waals surface area contributed by atoms with Crippen LogP contribution < -0.4 is 0 Å². The van der Waals surface area contributed by atoms with Gasteiger partial charge in [-0.25, -0.2) is 0 Å². The van der Waals surface area contributed by atoms with Crippen LogP contribution in [-0.4, -0.2) is 5.78 Å². The van der Waals surface area contributed by atoms with Crippen LogP contribution in [-0.2, 0) is 4.79 Å². The second-order valence-electron chi connectivity index (χ2n) is 5.71. The molecule has 0 aliphatic heterocycles. The van der Waals surface area contributed by atoms with Gasteiger partial charge in [-0.2, -0.15) is 0 Å². The minimum Gasteiger partial charge on any atom is -0.294 e. The van der Waals surface area contributed by atoms with E-state index >= 15 is 0 Å². The smallest absolute Gasteiger partial charge is 0.162 e. The SMILES string of the molecule is CC1CC2=C(C(=O)C1C)C(C)C(C)C2C. The summed E-state index contributed by atoms with van der Waals surface area (Å²) >= 11 is 0. The van der Waals surface area contributed by atoms with Gasteiger partial charge >= 0.3 is 0 Å². The first-order valence-electron chi connectivity index (χ1n) is 6.22. The van der Waals surface area contributed by atoms with E-state index < -0.39 is 0 Å². The largest absolute Gasteiger partial charge is 0.294 e. The monoisotopic (exact) mass is 206 g/mol. The van der Waals surface area contributed by atoms with Crippen molar-refractivity contribution >= 4 is 5.78 Å². The fourth-order valence-electron chi connectivity index (χ4n) is 3.26. The van der Waals surface area contributed by atoms with Crippen LogP contribution in [0.3, 0.4) is 0 Å². The number of allylic oxidation sites excluding steroid dienone is 2. The molecule has 5 atom stereocenters. The summed E-state index contributed by atoms with van der Waals surface area (Å²) in [4.78, 5) is 12.3. The van der Waals surface area contributed by atoms with E-state index in [9.17, 15) is 4.79 Å². The van der Waals surface area contributed by atoms with Crippen LogP contribution in [0.2, 0.25) is 0 Å². The number of hydrogen-bond donors (Lipinski definition) is 0. The van der Waals surface area contributed by atoms with Gasteiger partial charge < -0.3 is 0 Å². The fourth-order valence-corrected chi connectivity index (χ4v) is 3.26. The Balaban J connectivity index is 2.43. The molecule has 0 bridgehead atoms. The molecular weight excluding hydrogens is 184 g/mol. The summed E-state index contributed by atoms with van der Waals surface area (Å²) < 4.78 is 0. The van der Waals surface area contributed by atoms with Crippen molar-refractivity contribution in [2.24, 2.45) is 29.6 Å². The Morgan fingerprint density at radius 1 is 0.933 bits per heavy atom. The van der Waals surface area contributed by atoms with E-state index in [0.29, 0.717) is 29.5 Å². The molecule has 2 aliphatic rings. The molecule has 5 unspecified atom stereocenters. The molecule has 0 N–H and O–H groups in total. The second-order valence-corrected chi connectivity index (χ2v) is 5.71. The Hall–Kier alpha value is -0.590. The van der Waals surface area contributed by atoms with E-state index in [1.807, 2.05) is 0 Å². The summed E-state index contributed by atoms with van der Waals surface area (Å²) in [5, 5.41) is 0. The quantitative estimate of drug-likeness (QED) is 0.593. The fraction of sp³-hybridized carbons (Fsp3) is 0.786. The Labute approximate surface area is 92.9 Å². The predicted octanol–water partition coefficient (Wildman–Crippen LogP) is 3.45. The third-order valence-corrected chi connectivity index (χ3v) is 5.00. The highest BCUT2D eigenvalue weighted by atomic mass is 16.1. The van der Waals surface area contributed by atoms with Crippen molar-refractivity contribution < 1.29 is 4.79 Å². The first kappa shape index (κ1) is 10.9. The van der Waals surface area contributed by atoms with Gasteiger partial charge in [0.05, 0.1) is 0 Å². The van der Waals surface area contributed by atoms with E-state index in [1.165, 1.54) is 11.1 Å². The topological polar surface area (TPSA) is 17.1 Å². The number of rotatable bonds is 0. The maximum atomic E-state index is 12.3. The van der Waals surface area contributed by atoms with Crippen LogP contribution in [0.4, 0.5) is 0 Å². The molecule has 2 rings (SSSR count). The van der Waals surface area contributed by atoms with Crippen molar-refractivity contribution in [2.45, 2.75) is 41.0 Å². The second kappa shape index (κ2) is 3.47. The highest BCUT2D eigenvalue weighted by Gasteiger charge is 2.43.